The van der Waals surface area contributed by atoms with Gasteiger partial charge in [-0.15, -0.1) is 0 Å². The van der Waals surface area contributed by atoms with Crippen molar-refractivity contribution in [1.29, 1.82) is 0 Å². The van der Waals surface area contributed by atoms with E-state index >= 15 is 0 Å². The van der Waals surface area contributed by atoms with Crippen molar-refractivity contribution in [1.82, 2.24) is 9.97 Å². The van der Waals surface area contributed by atoms with Crippen LogP contribution >= 0.6 is 15.9 Å². The molecule has 78 valence electrons. The summed E-state index contributed by atoms with van der Waals surface area (Å²) in [6.45, 7) is 2.05. The van der Waals surface area contributed by atoms with E-state index in [4.69, 9.17) is 0 Å². The summed E-state index contributed by atoms with van der Waals surface area (Å²) in [7, 11) is 0. The van der Waals surface area contributed by atoms with Gasteiger partial charge in [-0.3, -0.25) is 0 Å². The number of halogens is 1. The second-order valence-electron chi connectivity index (χ2n) is 3.75. The number of hydrogen-bond donors (Lipinski definition) is 0. The molecule has 0 radical (unpaired) electrons. The zero-order valence-electron chi connectivity index (χ0n) is 8.74. The summed E-state index contributed by atoms with van der Waals surface area (Å²) in [6, 6.07) is 11.9. The molecular weight excluding hydrogens is 264 g/mol. The van der Waals surface area contributed by atoms with Gasteiger partial charge in [0.15, 0.2) is 0 Å². The first-order chi connectivity index (χ1) is 7.75. The largest absolute Gasteiger partial charge is 0.244 e. The molecule has 1 heterocycles. The summed E-state index contributed by atoms with van der Waals surface area (Å²) >= 11 is 3.51. The van der Waals surface area contributed by atoms with Gasteiger partial charge >= 0.3 is 0 Å². The van der Waals surface area contributed by atoms with Crippen molar-refractivity contribution in [2.24, 2.45) is 0 Å². The first-order valence-corrected chi connectivity index (χ1v) is 5.86. The Labute approximate surface area is 101 Å². The molecule has 3 heteroatoms. The van der Waals surface area contributed by atoms with Crippen LogP contribution in [-0.2, 0) is 0 Å². The van der Waals surface area contributed by atoms with Crippen molar-refractivity contribution < 1.29 is 0 Å². The molecule has 0 fully saturated rings. The second kappa shape index (κ2) is 3.52. The van der Waals surface area contributed by atoms with E-state index in [0.717, 1.165) is 32.1 Å². The van der Waals surface area contributed by atoms with Crippen LogP contribution in [0.5, 0.6) is 0 Å². The first-order valence-electron chi connectivity index (χ1n) is 5.07. The molecular formula is C13H9BrN2. The fraction of sp³-hybridized carbons (Fsp3) is 0.0769. The van der Waals surface area contributed by atoms with E-state index in [-0.39, 0.29) is 0 Å². The van der Waals surface area contributed by atoms with Crippen LogP contribution in [0.4, 0.5) is 0 Å². The van der Waals surface area contributed by atoms with Crippen LogP contribution in [0.3, 0.4) is 0 Å². The van der Waals surface area contributed by atoms with E-state index in [9.17, 15) is 0 Å². The van der Waals surface area contributed by atoms with Gasteiger partial charge in [-0.25, -0.2) is 9.97 Å². The molecule has 16 heavy (non-hydrogen) atoms. The molecule has 0 amide bonds. The lowest BCUT2D eigenvalue weighted by molar-refractivity contribution is 1.34. The minimum absolute atomic E-state index is 0.941. The molecule has 0 aliphatic carbocycles. The minimum atomic E-state index is 0.941. The highest BCUT2D eigenvalue weighted by molar-refractivity contribution is 9.10. The third-order valence-electron chi connectivity index (χ3n) is 2.70. The van der Waals surface area contributed by atoms with Crippen molar-refractivity contribution in [2.45, 2.75) is 6.92 Å². The number of nitrogens with zero attached hydrogens (tertiary/aromatic N) is 2. The monoisotopic (exact) mass is 272 g/mol. The van der Waals surface area contributed by atoms with Crippen molar-refractivity contribution >= 4 is 38.0 Å². The zero-order valence-corrected chi connectivity index (χ0v) is 10.3. The molecule has 0 atom stereocenters. The Morgan fingerprint density at radius 2 is 1.56 bits per heavy atom. The highest BCUT2D eigenvalue weighted by Crippen LogP contribution is 2.24. The van der Waals surface area contributed by atoms with Crippen LogP contribution in [0, 0.1) is 6.92 Å². The normalized spacial score (nSPS) is 11.1. The van der Waals surface area contributed by atoms with Crippen molar-refractivity contribution in [3.8, 4) is 0 Å². The van der Waals surface area contributed by atoms with Crippen molar-refractivity contribution in [3.63, 3.8) is 0 Å². The lowest BCUT2D eigenvalue weighted by atomic mass is 10.2. The van der Waals surface area contributed by atoms with Gasteiger partial charge in [0.2, 0.25) is 0 Å². The summed E-state index contributed by atoms with van der Waals surface area (Å²) in [5.41, 5.74) is 4.93. The van der Waals surface area contributed by atoms with Crippen molar-refractivity contribution in [2.75, 3.05) is 0 Å². The number of fused-ring (bicyclic) bond motifs is 2. The molecule has 0 aliphatic rings. The third-order valence-corrected chi connectivity index (χ3v) is 3.56. The molecule has 0 saturated carbocycles. The average molecular weight is 273 g/mol. The molecule has 0 aliphatic heterocycles. The highest BCUT2D eigenvalue weighted by Gasteiger charge is 2.05. The SMILES string of the molecule is Cc1c(Br)ccc2nc3ccccc3nc12. The number of hydrogen-bond acceptors (Lipinski definition) is 2. The Morgan fingerprint density at radius 1 is 0.875 bits per heavy atom. The Morgan fingerprint density at radius 3 is 2.31 bits per heavy atom. The molecule has 0 spiro atoms. The van der Waals surface area contributed by atoms with Gasteiger partial charge in [0.25, 0.3) is 0 Å². The summed E-state index contributed by atoms with van der Waals surface area (Å²) < 4.78 is 1.07. The van der Waals surface area contributed by atoms with Crippen LogP contribution in [-0.4, -0.2) is 9.97 Å². The zero-order chi connectivity index (χ0) is 11.1. The van der Waals surface area contributed by atoms with Gasteiger partial charge in [-0.1, -0.05) is 28.1 Å². The van der Waals surface area contributed by atoms with Gasteiger partial charge in [0.05, 0.1) is 22.1 Å². The maximum atomic E-state index is 4.65. The Balaban J connectivity index is 2.51. The van der Waals surface area contributed by atoms with E-state index in [0.29, 0.717) is 0 Å². The van der Waals surface area contributed by atoms with Crippen LogP contribution in [0.25, 0.3) is 22.1 Å². The number of para-hydroxylation sites is 2. The first kappa shape index (κ1) is 9.73. The quantitative estimate of drug-likeness (QED) is 0.581. The predicted octanol–water partition coefficient (Wildman–Crippen LogP) is 3.85. The van der Waals surface area contributed by atoms with Gasteiger partial charge in [0.1, 0.15) is 0 Å². The Bertz CT molecular complexity index is 692. The standard InChI is InChI=1S/C13H9BrN2/c1-8-9(14)6-7-12-13(8)16-11-5-3-2-4-10(11)15-12/h2-7H,1H3. The topological polar surface area (TPSA) is 25.8 Å². The lowest BCUT2D eigenvalue weighted by Gasteiger charge is -2.04. The number of aromatic nitrogens is 2. The fourth-order valence-corrected chi connectivity index (χ4v) is 2.12. The molecule has 0 saturated heterocycles. The molecule has 3 aromatic rings. The number of rotatable bonds is 0. The maximum Gasteiger partial charge on any atom is 0.0934 e. The summed E-state index contributed by atoms with van der Waals surface area (Å²) in [4.78, 5) is 9.24. The van der Waals surface area contributed by atoms with Crippen LogP contribution in [0.15, 0.2) is 40.9 Å². The second-order valence-corrected chi connectivity index (χ2v) is 4.61. The molecule has 2 aromatic carbocycles. The molecule has 1 aromatic heterocycles. The number of benzene rings is 2. The van der Waals surface area contributed by atoms with Crippen LogP contribution < -0.4 is 0 Å². The molecule has 0 N–H and O–H groups in total. The van der Waals surface area contributed by atoms with Gasteiger partial charge < -0.3 is 0 Å². The Hall–Kier alpha value is -1.48. The van der Waals surface area contributed by atoms with E-state index in [2.05, 4.69) is 32.8 Å². The predicted molar refractivity (Wildman–Crippen MR) is 69.5 cm³/mol. The highest BCUT2D eigenvalue weighted by atomic mass is 79.9. The van der Waals surface area contributed by atoms with Gasteiger partial charge in [0, 0.05) is 4.47 Å². The van der Waals surface area contributed by atoms with Crippen LogP contribution in [0.1, 0.15) is 5.56 Å². The van der Waals surface area contributed by atoms with Gasteiger partial charge in [-0.05, 0) is 36.8 Å². The average Bonchev–Trinajstić information content (AvgIpc) is 2.32. The lowest BCUT2D eigenvalue weighted by Crippen LogP contribution is -1.90. The maximum absolute atomic E-state index is 4.65. The van der Waals surface area contributed by atoms with E-state index < -0.39 is 0 Å². The fourth-order valence-electron chi connectivity index (χ4n) is 1.80. The summed E-state index contributed by atoms with van der Waals surface area (Å²) in [5.74, 6) is 0. The molecule has 3 rings (SSSR count). The minimum Gasteiger partial charge on any atom is -0.244 e. The van der Waals surface area contributed by atoms with E-state index in [1.165, 1.54) is 0 Å². The van der Waals surface area contributed by atoms with E-state index in [1.54, 1.807) is 0 Å². The molecule has 0 unspecified atom stereocenters. The summed E-state index contributed by atoms with van der Waals surface area (Å²) in [5, 5.41) is 0. The van der Waals surface area contributed by atoms with Crippen LogP contribution in [0.2, 0.25) is 0 Å². The molecule has 2 nitrogen and oxygen atoms in total. The van der Waals surface area contributed by atoms with Crippen molar-refractivity contribution in [3.05, 3.63) is 46.4 Å². The summed E-state index contributed by atoms with van der Waals surface area (Å²) in [6.07, 6.45) is 0. The van der Waals surface area contributed by atoms with E-state index in [1.807, 2.05) is 36.4 Å². The molecule has 0 bridgehead atoms. The van der Waals surface area contributed by atoms with Gasteiger partial charge in [-0.2, -0.15) is 0 Å². The number of aryl methyl sites for hydroxylation is 1. The third kappa shape index (κ3) is 1.39. The smallest absolute Gasteiger partial charge is 0.0934 e. The Kier molecular flexibility index (Phi) is 2.14.